The molecule has 4 nitrogen and oxygen atoms in total. The molecule has 128 valence electrons. The van der Waals surface area contributed by atoms with Gasteiger partial charge in [0.1, 0.15) is 0 Å². The van der Waals surface area contributed by atoms with Gasteiger partial charge in [-0.2, -0.15) is 13.2 Å². The number of hydrogen-bond donors (Lipinski definition) is 1. The average Bonchev–Trinajstić information content (AvgIpc) is 2.38. The van der Waals surface area contributed by atoms with Crippen molar-refractivity contribution in [1.29, 1.82) is 0 Å². The van der Waals surface area contributed by atoms with Gasteiger partial charge in [-0.05, 0) is 32.0 Å². The molecule has 1 N–H and O–H groups in total. The number of alkyl halides is 3. The zero-order valence-corrected chi connectivity index (χ0v) is 13.5. The normalized spacial score (nSPS) is 22.9. The molecule has 0 aliphatic carbocycles. The lowest BCUT2D eigenvalue weighted by Gasteiger charge is -2.34. The van der Waals surface area contributed by atoms with Crippen LogP contribution in [0.15, 0.2) is 18.2 Å². The number of rotatable bonds is 3. The highest BCUT2D eigenvalue weighted by molar-refractivity contribution is 6.33. The van der Waals surface area contributed by atoms with Gasteiger partial charge >= 0.3 is 6.18 Å². The molecule has 0 aromatic heterocycles. The lowest BCUT2D eigenvalue weighted by molar-refractivity contribution is -0.137. The summed E-state index contributed by atoms with van der Waals surface area (Å²) in [5.41, 5.74) is -0.897. The number of hydrogen-bond acceptors (Lipinski definition) is 3. The minimum absolute atomic E-state index is 0.00342. The molecule has 1 saturated heterocycles. The second-order valence-electron chi connectivity index (χ2n) is 5.69. The zero-order valence-electron chi connectivity index (χ0n) is 12.8. The molecule has 1 amide bonds. The molecule has 1 aromatic rings. The second-order valence-corrected chi connectivity index (χ2v) is 6.10. The van der Waals surface area contributed by atoms with Crippen molar-refractivity contribution in [2.45, 2.75) is 32.2 Å². The molecule has 1 fully saturated rings. The van der Waals surface area contributed by atoms with Gasteiger partial charge in [0.15, 0.2) is 0 Å². The number of benzene rings is 1. The summed E-state index contributed by atoms with van der Waals surface area (Å²) in [6.45, 7) is 5.07. The van der Waals surface area contributed by atoms with Crippen LogP contribution >= 0.6 is 11.6 Å². The number of amides is 1. The lowest BCUT2D eigenvalue weighted by Crippen LogP contribution is -2.48. The first-order valence-electron chi connectivity index (χ1n) is 7.19. The maximum absolute atomic E-state index is 12.7. The molecule has 2 unspecified atom stereocenters. The fourth-order valence-corrected chi connectivity index (χ4v) is 2.77. The van der Waals surface area contributed by atoms with E-state index >= 15 is 0 Å². The largest absolute Gasteiger partial charge is 0.416 e. The van der Waals surface area contributed by atoms with Gasteiger partial charge in [0, 0.05) is 13.1 Å². The third-order valence-electron chi connectivity index (χ3n) is 3.43. The maximum Gasteiger partial charge on any atom is 0.416 e. The van der Waals surface area contributed by atoms with Crippen LogP contribution in [0.1, 0.15) is 19.4 Å². The molecular weight excluding hydrogens is 333 g/mol. The summed E-state index contributed by atoms with van der Waals surface area (Å²) in [6, 6.07) is 2.84. The Morgan fingerprint density at radius 3 is 2.52 bits per heavy atom. The molecule has 1 heterocycles. The number of anilines is 1. The van der Waals surface area contributed by atoms with Crippen molar-refractivity contribution in [3.8, 4) is 0 Å². The number of nitrogens with zero attached hydrogens (tertiary/aromatic N) is 1. The topological polar surface area (TPSA) is 41.6 Å². The molecule has 0 spiro atoms. The summed E-state index contributed by atoms with van der Waals surface area (Å²) >= 11 is 5.86. The monoisotopic (exact) mass is 350 g/mol. The molecule has 0 bridgehead atoms. The zero-order chi connectivity index (χ0) is 17.2. The molecular formula is C15H18ClF3N2O2. The Labute approximate surface area is 137 Å². The minimum atomic E-state index is -4.49. The van der Waals surface area contributed by atoms with Gasteiger partial charge < -0.3 is 10.1 Å². The van der Waals surface area contributed by atoms with Crippen molar-refractivity contribution in [2.75, 3.05) is 25.0 Å². The minimum Gasteiger partial charge on any atom is -0.373 e. The number of carbonyl (C=O) groups is 1. The molecule has 2 rings (SSSR count). The number of halogens is 4. The Hall–Kier alpha value is -1.31. The Balaban J connectivity index is 2.02. The van der Waals surface area contributed by atoms with Gasteiger partial charge in [0.25, 0.3) is 0 Å². The van der Waals surface area contributed by atoms with Gasteiger partial charge in [-0.15, -0.1) is 0 Å². The van der Waals surface area contributed by atoms with Crippen LogP contribution in [-0.4, -0.2) is 42.6 Å². The maximum atomic E-state index is 12.7. The van der Waals surface area contributed by atoms with Crippen LogP contribution in [0.5, 0.6) is 0 Å². The number of ether oxygens (including phenoxy) is 1. The third-order valence-corrected chi connectivity index (χ3v) is 3.76. The molecule has 1 aliphatic rings. The van der Waals surface area contributed by atoms with E-state index in [1.165, 1.54) is 0 Å². The van der Waals surface area contributed by atoms with Crippen molar-refractivity contribution in [1.82, 2.24) is 4.90 Å². The first kappa shape index (κ1) is 18.0. The Bertz CT molecular complexity index is 570. The van der Waals surface area contributed by atoms with Crippen LogP contribution in [-0.2, 0) is 15.7 Å². The van der Waals surface area contributed by atoms with E-state index in [-0.39, 0.29) is 29.5 Å². The van der Waals surface area contributed by atoms with Crippen LogP contribution in [0.2, 0.25) is 5.02 Å². The SMILES string of the molecule is CC1CN(CC(=O)Nc2cc(C(F)(F)F)ccc2Cl)CC(C)O1. The summed E-state index contributed by atoms with van der Waals surface area (Å²) in [7, 11) is 0. The van der Waals surface area contributed by atoms with Crippen LogP contribution in [0.4, 0.5) is 18.9 Å². The van der Waals surface area contributed by atoms with Crippen molar-refractivity contribution in [3.05, 3.63) is 28.8 Å². The number of morpholine rings is 1. The van der Waals surface area contributed by atoms with Crippen LogP contribution in [0.3, 0.4) is 0 Å². The van der Waals surface area contributed by atoms with Crippen molar-refractivity contribution in [2.24, 2.45) is 0 Å². The van der Waals surface area contributed by atoms with Crippen molar-refractivity contribution < 1.29 is 22.7 Å². The van der Waals surface area contributed by atoms with Gasteiger partial charge in [-0.25, -0.2) is 0 Å². The van der Waals surface area contributed by atoms with E-state index in [9.17, 15) is 18.0 Å². The van der Waals surface area contributed by atoms with E-state index < -0.39 is 17.6 Å². The van der Waals surface area contributed by atoms with Crippen molar-refractivity contribution in [3.63, 3.8) is 0 Å². The lowest BCUT2D eigenvalue weighted by atomic mass is 10.2. The average molecular weight is 351 g/mol. The summed E-state index contributed by atoms with van der Waals surface area (Å²) in [4.78, 5) is 14.0. The highest BCUT2D eigenvalue weighted by atomic mass is 35.5. The third kappa shape index (κ3) is 5.09. The molecule has 0 radical (unpaired) electrons. The second kappa shape index (κ2) is 7.07. The standard InChI is InChI=1S/C15H18ClF3N2O2/c1-9-6-21(7-10(2)23-9)8-14(22)20-13-5-11(15(17,18)19)3-4-12(13)16/h3-5,9-10H,6-8H2,1-2H3,(H,20,22). The van der Waals surface area contributed by atoms with E-state index in [2.05, 4.69) is 5.32 Å². The quantitative estimate of drug-likeness (QED) is 0.908. The molecule has 23 heavy (non-hydrogen) atoms. The number of carbonyl (C=O) groups excluding carboxylic acids is 1. The predicted octanol–water partition coefficient (Wildman–Crippen LogP) is 3.41. The van der Waals surface area contributed by atoms with Gasteiger partial charge in [-0.1, -0.05) is 11.6 Å². The van der Waals surface area contributed by atoms with E-state index in [1.54, 1.807) is 0 Å². The Morgan fingerprint density at radius 2 is 1.96 bits per heavy atom. The molecule has 0 saturated carbocycles. The van der Waals surface area contributed by atoms with E-state index in [0.29, 0.717) is 13.1 Å². The highest BCUT2D eigenvalue weighted by Gasteiger charge is 2.31. The summed E-state index contributed by atoms with van der Waals surface area (Å²) in [6.07, 6.45) is -4.48. The summed E-state index contributed by atoms with van der Waals surface area (Å²) in [5, 5.41) is 2.51. The van der Waals surface area contributed by atoms with Crippen LogP contribution in [0.25, 0.3) is 0 Å². The molecule has 1 aliphatic heterocycles. The highest BCUT2D eigenvalue weighted by Crippen LogP contribution is 2.33. The fourth-order valence-electron chi connectivity index (χ4n) is 2.60. The van der Waals surface area contributed by atoms with E-state index in [4.69, 9.17) is 16.3 Å². The first-order chi connectivity index (χ1) is 10.6. The molecule has 2 atom stereocenters. The predicted molar refractivity (Wildman–Crippen MR) is 81.5 cm³/mol. The van der Waals surface area contributed by atoms with E-state index in [1.807, 2.05) is 18.7 Å². The molecule has 8 heteroatoms. The summed E-state index contributed by atoms with van der Waals surface area (Å²) < 4.78 is 43.7. The Morgan fingerprint density at radius 1 is 1.35 bits per heavy atom. The van der Waals surface area contributed by atoms with Crippen LogP contribution < -0.4 is 5.32 Å². The Kier molecular flexibility index (Phi) is 5.54. The van der Waals surface area contributed by atoms with Gasteiger partial charge in [-0.3, -0.25) is 9.69 Å². The smallest absolute Gasteiger partial charge is 0.373 e. The fraction of sp³-hybridized carbons (Fsp3) is 0.533. The summed E-state index contributed by atoms with van der Waals surface area (Å²) in [5.74, 6) is -0.410. The van der Waals surface area contributed by atoms with Crippen molar-refractivity contribution >= 4 is 23.2 Å². The van der Waals surface area contributed by atoms with Gasteiger partial charge in [0.05, 0.1) is 35.0 Å². The van der Waals surface area contributed by atoms with Gasteiger partial charge in [0.2, 0.25) is 5.91 Å². The van der Waals surface area contributed by atoms with E-state index in [0.717, 1.165) is 18.2 Å². The van der Waals surface area contributed by atoms with Crippen LogP contribution in [0, 0.1) is 0 Å². The first-order valence-corrected chi connectivity index (χ1v) is 7.57. The molecule has 1 aromatic carbocycles. The number of nitrogens with one attached hydrogen (secondary N) is 1.